The van der Waals surface area contributed by atoms with Crippen LogP contribution in [0.15, 0.2) is 47.4 Å². The minimum absolute atomic E-state index is 0.0902. The summed E-state index contributed by atoms with van der Waals surface area (Å²) in [7, 11) is -2.31. The molecule has 0 aromatic heterocycles. The van der Waals surface area contributed by atoms with Gasteiger partial charge in [0.1, 0.15) is 5.75 Å². The van der Waals surface area contributed by atoms with Crippen molar-refractivity contribution in [3.63, 3.8) is 0 Å². The van der Waals surface area contributed by atoms with Crippen molar-refractivity contribution in [3.8, 4) is 5.75 Å². The fourth-order valence-corrected chi connectivity index (χ4v) is 5.37. The van der Waals surface area contributed by atoms with Crippen LogP contribution >= 0.6 is 0 Å². The predicted octanol–water partition coefficient (Wildman–Crippen LogP) is 4.27. The molecule has 10 heteroatoms. The lowest BCUT2D eigenvalue weighted by Crippen LogP contribution is -2.43. The zero-order valence-electron chi connectivity index (χ0n) is 18.0. The second kappa shape index (κ2) is 9.11. The van der Waals surface area contributed by atoms with E-state index in [1.807, 2.05) is 32.0 Å². The number of carbonyl (C=O) groups excluding carboxylic acids is 1. The minimum Gasteiger partial charge on any atom is -0.406 e. The van der Waals surface area contributed by atoms with Gasteiger partial charge in [-0.3, -0.25) is 4.79 Å². The molecule has 0 aliphatic carbocycles. The summed E-state index contributed by atoms with van der Waals surface area (Å²) in [6.07, 6.45) is -4.26. The molecule has 0 unspecified atom stereocenters. The van der Waals surface area contributed by atoms with Gasteiger partial charge in [-0.1, -0.05) is 12.1 Å². The smallest absolute Gasteiger partial charge is 0.406 e. The highest BCUT2D eigenvalue weighted by atomic mass is 32.2. The average molecular weight is 471 g/mol. The van der Waals surface area contributed by atoms with Crippen molar-refractivity contribution in [1.29, 1.82) is 0 Å². The maximum atomic E-state index is 13.0. The zero-order valence-corrected chi connectivity index (χ0v) is 18.8. The molecule has 174 valence electrons. The normalized spacial score (nSPS) is 16.1. The minimum atomic E-state index is -4.91. The molecule has 2 aromatic carbocycles. The third kappa shape index (κ3) is 5.60. The molecule has 3 rings (SSSR count). The molecule has 0 atom stereocenters. The standard InChI is InChI=1S/C22H25F3N2O4S/c1-15-11-16(2)13-18(12-15)26(3)21(28)17-7-9-27(10-8-17)32(29,30)20-6-4-5-19(14-20)31-22(23,24)25/h4-6,11-14,17H,7-10H2,1-3H3. The maximum Gasteiger partial charge on any atom is 0.573 e. The molecular formula is C22H25F3N2O4S. The van der Waals surface area contributed by atoms with Crippen molar-refractivity contribution < 1.29 is 31.1 Å². The van der Waals surface area contributed by atoms with E-state index >= 15 is 0 Å². The fraction of sp³-hybridized carbons (Fsp3) is 0.409. The van der Waals surface area contributed by atoms with Gasteiger partial charge in [0.2, 0.25) is 15.9 Å². The molecule has 1 aliphatic heterocycles. The number of benzene rings is 2. The van der Waals surface area contributed by atoms with Crippen molar-refractivity contribution >= 4 is 21.6 Å². The second-order valence-corrected chi connectivity index (χ2v) is 9.88. The van der Waals surface area contributed by atoms with E-state index in [9.17, 15) is 26.4 Å². The van der Waals surface area contributed by atoms with Gasteiger partial charge in [0.25, 0.3) is 0 Å². The third-order valence-corrected chi connectivity index (χ3v) is 7.30. The predicted molar refractivity (Wildman–Crippen MR) is 114 cm³/mol. The van der Waals surface area contributed by atoms with Gasteiger partial charge in [0, 0.05) is 37.8 Å². The number of anilines is 1. The van der Waals surface area contributed by atoms with Crippen molar-refractivity contribution in [2.45, 2.75) is 37.9 Å². The number of alkyl halides is 3. The number of halogens is 3. The Morgan fingerprint density at radius 1 is 1.06 bits per heavy atom. The van der Waals surface area contributed by atoms with Crippen LogP contribution in [0, 0.1) is 19.8 Å². The van der Waals surface area contributed by atoms with E-state index in [-0.39, 0.29) is 29.8 Å². The first kappa shape index (κ1) is 24.1. The quantitative estimate of drug-likeness (QED) is 0.655. The first-order chi connectivity index (χ1) is 14.9. The molecule has 1 amide bonds. The van der Waals surface area contributed by atoms with Gasteiger partial charge in [-0.25, -0.2) is 8.42 Å². The number of aryl methyl sites for hydroxylation is 2. The summed E-state index contributed by atoms with van der Waals surface area (Å²) in [4.78, 5) is 14.3. The van der Waals surface area contributed by atoms with Crippen LogP contribution in [0.3, 0.4) is 0 Å². The molecular weight excluding hydrogens is 445 g/mol. The first-order valence-electron chi connectivity index (χ1n) is 10.1. The summed E-state index contributed by atoms with van der Waals surface area (Å²) >= 11 is 0. The SMILES string of the molecule is Cc1cc(C)cc(N(C)C(=O)C2CCN(S(=O)(=O)c3cccc(OC(F)(F)F)c3)CC2)c1. The highest BCUT2D eigenvalue weighted by Crippen LogP contribution is 2.30. The number of rotatable bonds is 5. The molecule has 1 fully saturated rings. The summed E-state index contributed by atoms with van der Waals surface area (Å²) in [6, 6.07) is 10.2. The number of ether oxygens (including phenoxy) is 1. The number of sulfonamides is 1. The number of hydrogen-bond donors (Lipinski definition) is 0. The van der Waals surface area contributed by atoms with E-state index in [1.165, 1.54) is 16.4 Å². The van der Waals surface area contributed by atoms with Crippen molar-refractivity contribution in [2.75, 3.05) is 25.0 Å². The summed E-state index contributed by atoms with van der Waals surface area (Å²) in [5.74, 6) is -1.03. The lowest BCUT2D eigenvalue weighted by atomic mass is 9.96. The average Bonchev–Trinajstić information content (AvgIpc) is 2.71. The third-order valence-electron chi connectivity index (χ3n) is 5.40. The van der Waals surface area contributed by atoms with E-state index in [0.717, 1.165) is 28.9 Å². The van der Waals surface area contributed by atoms with Crippen LogP contribution in [-0.4, -0.2) is 45.1 Å². The lowest BCUT2D eigenvalue weighted by Gasteiger charge is -2.32. The molecule has 6 nitrogen and oxygen atoms in total. The number of piperidine rings is 1. The van der Waals surface area contributed by atoms with Crippen molar-refractivity contribution in [2.24, 2.45) is 5.92 Å². The fourth-order valence-electron chi connectivity index (χ4n) is 3.87. The zero-order chi connectivity index (χ0) is 23.7. The first-order valence-corrected chi connectivity index (χ1v) is 11.5. The number of amides is 1. The summed E-state index contributed by atoms with van der Waals surface area (Å²) in [5, 5.41) is 0. The van der Waals surface area contributed by atoms with Crippen LogP contribution in [-0.2, 0) is 14.8 Å². The highest BCUT2D eigenvalue weighted by Gasteiger charge is 2.35. The van der Waals surface area contributed by atoms with Crippen LogP contribution in [0.2, 0.25) is 0 Å². The molecule has 1 aliphatic rings. The van der Waals surface area contributed by atoms with E-state index in [0.29, 0.717) is 12.8 Å². The topological polar surface area (TPSA) is 66.9 Å². The van der Waals surface area contributed by atoms with Crippen LogP contribution in [0.25, 0.3) is 0 Å². The molecule has 0 saturated carbocycles. The Balaban J connectivity index is 1.68. The Hall–Kier alpha value is -2.59. The number of hydrogen-bond acceptors (Lipinski definition) is 4. The summed E-state index contributed by atoms with van der Waals surface area (Å²) in [6.45, 7) is 4.10. The molecule has 2 aromatic rings. The molecule has 0 radical (unpaired) electrons. The van der Waals surface area contributed by atoms with Crippen LogP contribution in [0.1, 0.15) is 24.0 Å². The largest absolute Gasteiger partial charge is 0.573 e. The van der Waals surface area contributed by atoms with Crippen LogP contribution in [0.5, 0.6) is 5.75 Å². The Kier molecular flexibility index (Phi) is 6.85. The second-order valence-electron chi connectivity index (χ2n) is 7.94. The molecule has 1 heterocycles. The van der Waals surface area contributed by atoms with Gasteiger partial charge < -0.3 is 9.64 Å². The van der Waals surface area contributed by atoms with Gasteiger partial charge in [-0.2, -0.15) is 4.31 Å². The molecule has 1 saturated heterocycles. The Morgan fingerprint density at radius 3 is 2.22 bits per heavy atom. The van der Waals surface area contributed by atoms with E-state index < -0.39 is 22.1 Å². The van der Waals surface area contributed by atoms with Crippen molar-refractivity contribution in [1.82, 2.24) is 4.31 Å². The van der Waals surface area contributed by atoms with E-state index in [4.69, 9.17) is 0 Å². The molecule has 0 spiro atoms. The Labute approximate surface area is 185 Å². The lowest BCUT2D eigenvalue weighted by molar-refractivity contribution is -0.274. The van der Waals surface area contributed by atoms with E-state index in [2.05, 4.69) is 4.74 Å². The maximum absolute atomic E-state index is 13.0. The van der Waals surface area contributed by atoms with Crippen LogP contribution < -0.4 is 9.64 Å². The monoisotopic (exact) mass is 470 g/mol. The van der Waals surface area contributed by atoms with Gasteiger partial charge in [-0.15, -0.1) is 13.2 Å². The van der Waals surface area contributed by atoms with E-state index in [1.54, 1.807) is 11.9 Å². The van der Waals surface area contributed by atoms with Crippen molar-refractivity contribution in [3.05, 3.63) is 53.6 Å². The number of nitrogens with zero attached hydrogens (tertiary/aromatic N) is 2. The molecule has 0 N–H and O–H groups in total. The van der Waals surface area contributed by atoms with Gasteiger partial charge in [-0.05, 0) is 62.1 Å². The Bertz CT molecular complexity index is 1070. The van der Waals surface area contributed by atoms with Gasteiger partial charge in [0.15, 0.2) is 0 Å². The summed E-state index contributed by atoms with van der Waals surface area (Å²) < 4.78 is 68.2. The van der Waals surface area contributed by atoms with Gasteiger partial charge in [0.05, 0.1) is 4.90 Å². The van der Waals surface area contributed by atoms with Crippen LogP contribution in [0.4, 0.5) is 18.9 Å². The van der Waals surface area contributed by atoms with Gasteiger partial charge >= 0.3 is 6.36 Å². The summed E-state index contributed by atoms with van der Waals surface area (Å²) in [5.41, 5.74) is 2.86. The molecule has 32 heavy (non-hydrogen) atoms. The Morgan fingerprint density at radius 2 is 1.66 bits per heavy atom. The highest BCUT2D eigenvalue weighted by molar-refractivity contribution is 7.89. The number of carbonyl (C=O) groups is 1. The molecule has 0 bridgehead atoms.